The lowest BCUT2D eigenvalue weighted by Crippen LogP contribution is -2.00. The van der Waals surface area contributed by atoms with E-state index in [1.54, 1.807) is 0 Å². The Morgan fingerprint density at radius 2 is 1.58 bits per heavy atom. The SMILES string of the molecule is CC(=Nc1c(C(C)C)cccc1C(C)C)c1cc(C)cc(Br)c1O. The molecule has 0 bridgehead atoms. The van der Waals surface area contributed by atoms with Crippen LogP contribution in [0.1, 0.15) is 68.7 Å². The van der Waals surface area contributed by atoms with Gasteiger partial charge >= 0.3 is 0 Å². The summed E-state index contributed by atoms with van der Waals surface area (Å²) in [5.41, 5.74) is 6.21. The molecule has 24 heavy (non-hydrogen) atoms. The minimum Gasteiger partial charge on any atom is -0.506 e. The van der Waals surface area contributed by atoms with Gasteiger partial charge in [-0.2, -0.15) is 0 Å². The highest BCUT2D eigenvalue weighted by molar-refractivity contribution is 9.10. The summed E-state index contributed by atoms with van der Waals surface area (Å²) in [6.45, 7) is 12.7. The Balaban J connectivity index is 2.67. The first-order valence-corrected chi connectivity index (χ1v) is 9.19. The number of para-hydroxylation sites is 1. The molecule has 3 heteroatoms. The third-order valence-corrected chi connectivity index (χ3v) is 4.82. The molecule has 0 saturated heterocycles. The van der Waals surface area contributed by atoms with Gasteiger partial charge in [-0.15, -0.1) is 0 Å². The number of hydrogen-bond acceptors (Lipinski definition) is 2. The molecule has 0 aliphatic carbocycles. The number of hydrogen-bond donors (Lipinski definition) is 1. The van der Waals surface area contributed by atoms with Gasteiger partial charge in [0.25, 0.3) is 0 Å². The van der Waals surface area contributed by atoms with Crippen LogP contribution in [0.2, 0.25) is 0 Å². The number of halogens is 1. The smallest absolute Gasteiger partial charge is 0.138 e. The fourth-order valence-electron chi connectivity index (χ4n) is 2.88. The highest BCUT2D eigenvalue weighted by atomic mass is 79.9. The molecule has 0 saturated carbocycles. The number of aliphatic imine (C=N–C) groups is 1. The summed E-state index contributed by atoms with van der Waals surface area (Å²) in [7, 11) is 0. The first-order valence-electron chi connectivity index (χ1n) is 8.40. The van der Waals surface area contributed by atoms with E-state index in [9.17, 15) is 5.11 Å². The first kappa shape index (κ1) is 18.7. The second kappa shape index (κ2) is 7.52. The lowest BCUT2D eigenvalue weighted by molar-refractivity contribution is 0.470. The van der Waals surface area contributed by atoms with Gasteiger partial charge in [-0.05, 0) is 70.4 Å². The lowest BCUT2D eigenvalue weighted by atomic mass is 9.92. The Morgan fingerprint density at radius 3 is 2.08 bits per heavy atom. The first-order chi connectivity index (χ1) is 11.2. The summed E-state index contributed by atoms with van der Waals surface area (Å²) in [4.78, 5) is 4.95. The number of benzene rings is 2. The number of nitrogens with zero attached hydrogens (tertiary/aromatic N) is 1. The van der Waals surface area contributed by atoms with Gasteiger partial charge in [0.2, 0.25) is 0 Å². The predicted molar refractivity (Wildman–Crippen MR) is 107 cm³/mol. The monoisotopic (exact) mass is 387 g/mol. The summed E-state index contributed by atoms with van der Waals surface area (Å²) < 4.78 is 0.702. The number of phenols is 1. The minimum absolute atomic E-state index is 0.245. The molecular weight excluding hydrogens is 362 g/mol. The van der Waals surface area contributed by atoms with Crippen molar-refractivity contribution in [3.05, 3.63) is 57.1 Å². The highest BCUT2D eigenvalue weighted by Gasteiger charge is 2.15. The van der Waals surface area contributed by atoms with Crippen molar-refractivity contribution in [1.82, 2.24) is 0 Å². The van der Waals surface area contributed by atoms with Crippen LogP contribution >= 0.6 is 15.9 Å². The van der Waals surface area contributed by atoms with Crippen LogP contribution in [0.15, 0.2) is 39.8 Å². The van der Waals surface area contributed by atoms with Crippen LogP contribution in [-0.2, 0) is 0 Å². The highest BCUT2D eigenvalue weighted by Crippen LogP contribution is 2.36. The molecule has 0 aliphatic heterocycles. The summed E-state index contributed by atoms with van der Waals surface area (Å²) >= 11 is 3.42. The molecule has 1 N–H and O–H groups in total. The van der Waals surface area contributed by atoms with Gasteiger partial charge in [-0.1, -0.05) is 45.9 Å². The molecule has 0 unspecified atom stereocenters. The third-order valence-electron chi connectivity index (χ3n) is 4.22. The molecule has 2 aromatic carbocycles. The van der Waals surface area contributed by atoms with E-state index < -0.39 is 0 Å². The van der Waals surface area contributed by atoms with Crippen LogP contribution in [0.5, 0.6) is 5.75 Å². The van der Waals surface area contributed by atoms with Gasteiger partial charge < -0.3 is 5.11 Å². The van der Waals surface area contributed by atoms with Crippen molar-refractivity contribution in [2.75, 3.05) is 0 Å². The van der Waals surface area contributed by atoms with Crippen molar-refractivity contribution in [1.29, 1.82) is 0 Å². The molecule has 0 aromatic heterocycles. The van der Waals surface area contributed by atoms with Gasteiger partial charge in [0.05, 0.1) is 10.2 Å². The van der Waals surface area contributed by atoms with E-state index in [-0.39, 0.29) is 5.75 Å². The molecule has 0 atom stereocenters. The molecular formula is C21H26BrNO. The van der Waals surface area contributed by atoms with E-state index in [4.69, 9.17) is 4.99 Å². The Hall–Kier alpha value is -1.61. The molecule has 0 aliphatic rings. The van der Waals surface area contributed by atoms with Crippen LogP contribution in [0.4, 0.5) is 5.69 Å². The normalized spacial score (nSPS) is 12.3. The second-order valence-electron chi connectivity index (χ2n) is 6.93. The average Bonchev–Trinajstić information content (AvgIpc) is 2.50. The van der Waals surface area contributed by atoms with E-state index in [2.05, 4.69) is 61.8 Å². The summed E-state index contributed by atoms with van der Waals surface area (Å²) in [6, 6.07) is 10.3. The minimum atomic E-state index is 0.245. The second-order valence-corrected chi connectivity index (χ2v) is 7.79. The zero-order valence-corrected chi connectivity index (χ0v) is 16.9. The molecule has 0 spiro atoms. The van der Waals surface area contributed by atoms with Crippen LogP contribution < -0.4 is 0 Å². The van der Waals surface area contributed by atoms with Crippen LogP contribution in [0, 0.1) is 6.92 Å². The molecule has 0 radical (unpaired) electrons. The number of rotatable bonds is 4. The van der Waals surface area contributed by atoms with E-state index in [1.807, 2.05) is 26.0 Å². The maximum atomic E-state index is 10.4. The Bertz CT molecular complexity index is 749. The van der Waals surface area contributed by atoms with Gasteiger partial charge in [0, 0.05) is 11.3 Å². The Labute approximate surface area is 153 Å². The van der Waals surface area contributed by atoms with E-state index in [0.717, 1.165) is 22.5 Å². The molecule has 0 fully saturated rings. The number of phenolic OH excluding ortho intramolecular Hbond substituents is 1. The number of aryl methyl sites for hydroxylation is 1. The van der Waals surface area contributed by atoms with Crippen LogP contribution in [0.25, 0.3) is 0 Å². The Morgan fingerprint density at radius 1 is 1.04 bits per heavy atom. The average molecular weight is 388 g/mol. The van der Waals surface area contributed by atoms with Crippen molar-refractivity contribution in [3.63, 3.8) is 0 Å². The zero-order chi connectivity index (χ0) is 18.0. The van der Waals surface area contributed by atoms with Gasteiger partial charge in [-0.3, -0.25) is 4.99 Å². The fourth-order valence-corrected chi connectivity index (χ4v) is 3.45. The molecule has 128 valence electrons. The Kier molecular flexibility index (Phi) is 5.87. The maximum Gasteiger partial charge on any atom is 0.138 e. The number of aromatic hydroxyl groups is 1. The van der Waals surface area contributed by atoms with Gasteiger partial charge in [0.1, 0.15) is 5.75 Å². The molecule has 2 nitrogen and oxygen atoms in total. The summed E-state index contributed by atoms with van der Waals surface area (Å²) in [5, 5.41) is 10.4. The van der Waals surface area contributed by atoms with Crippen molar-refractivity contribution in [3.8, 4) is 5.75 Å². The zero-order valence-electron chi connectivity index (χ0n) is 15.3. The molecule has 2 aromatic rings. The quantitative estimate of drug-likeness (QED) is 0.571. The van der Waals surface area contributed by atoms with E-state index >= 15 is 0 Å². The largest absolute Gasteiger partial charge is 0.506 e. The molecule has 0 heterocycles. The predicted octanol–water partition coefficient (Wildman–Crippen LogP) is 6.85. The van der Waals surface area contributed by atoms with Crippen molar-refractivity contribution >= 4 is 27.3 Å². The van der Waals surface area contributed by atoms with E-state index in [1.165, 1.54) is 11.1 Å². The molecule has 0 amide bonds. The van der Waals surface area contributed by atoms with E-state index in [0.29, 0.717) is 16.3 Å². The summed E-state index contributed by atoms with van der Waals surface area (Å²) in [5.74, 6) is 1.04. The summed E-state index contributed by atoms with van der Waals surface area (Å²) in [6.07, 6.45) is 0. The van der Waals surface area contributed by atoms with Crippen molar-refractivity contribution in [2.45, 2.75) is 53.4 Å². The third kappa shape index (κ3) is 3.89. The van der Waals surface area contributed by atoms with Crippen molar-refractivity contribution in [2.24, 2.45) is 4.99 Å². The molecule has 2 rings (SSSR count). The van der Waals surface area contributed by atoms with Gasteiger partial charge in [0.15, 0.2) is 0 Å². The van der Waals surface area contributed by atoms with Crippen molar-refractivity contribution < 1.29 is 5.11 Å². The van der Waals surface area contributed by atoms with Crippen LogP contribution in [-0.4, -0.2) is 10.8 Å². The topological polar surface area (TPSA) is 32.6 Å². The lowest BCUT2D eigenvalue weighted by Gasteiger charge is -2.17. The standard InChI is InChI=1S/C21H26BrNO/c1-12(2)16-8-7-9-17(13(3)4)20(16)23-15(6)18-10-14(5)11-19(22)21(18)24/h7-13,24H,1-6H3. The fraction of sp³-hybridized carbons (Fsp3) is 0.381. The van der Waals surface area contributed by atoms with Gasteiger partial charge in [-0.25, -0.2) is 0 Å². The van der Waals surface area contributed by atoms with Crippen LogP contribution in [0.3, 0.4) is 0 Å². The maximum absolute atomic E-state index is 10.4.